The Labute approximate surface area is 133 Å². The molecule has 1 fully saturated rings. The first-order chi connectivity index (χ1) is 11.1. The number of rotatable bonds is 4. The molecular formula is C16H19FN4O2. The third kappa shape index (κ3) is 3.10. The van der Waals surface area contributed by atoms with Crippen LogP contribution in [0.15, 0.2) is 30.6 Å². The average molecular weight is 318 g/mol. The van der Waals surface area contributed by atoms with Gasteiger partial charge in [0, 0.05) is 20.3 Å². The Bertz CT molecular complexity index is 695. The Kier molecular flexibility index (Phi) is 4.38. The van der Waals surface area contributed by atoms with Crippen molar-refractivity contribution in [2.24, 2.45) is 7.05 Å². The maximum absolute atomic E-state index is 13.6. The highest BCUT2D eigenvalue weighted by Crippen LogP contribution is 2.35. The van der Waals surface area contributed by atoms with E-state index in [4.69, 9.17) is 4.74 Å². The number of hydrogen-bond donors (Lipinski definition) is 1. The van der Waals surface area contributed by atoms with Crippen LogP contribution in [0.25, 0.3) is 0 Å². The zero-order valence-electron chi connectivity index (χ0n) is 13.0. The fourth-order valence-corrected chi connectivity index (χ4v) is 2.96. The quantitative estimate of drug-likeness (QED) is 0.923. The molecule has 0 saturated carbocycles. The summed E-state index contributed by atoms with van der Waals surface area (Å²) in [6, 6.07) is 6.26. The van der Waals surface area contributed by atoms with Gasteiger partial charge in [-0.05, 0) is 30.5 Å². The average Bonchev–Trinajstić information content (AvgIpc) is 2.98. The Morgan fingerprint density at radius 2 is 2.22 bits per heavy atom. The van der Waals surface area contributed by atoms with Crippen molar-refractivity contribution < 1.29 is 13.9 Å². The number of nitrogens with one attached hydrogen (secondary N) is 1. The minimum atomic E-state index is -0.765. The van der Waals surface area contributed by atoms with E-state index >= 15 is 0 Å². The summed E-state index contributed by atoms with van der Waals surface area (Å²) in [5.74, 6) is 0.198. The summed E-state index contributed by atoms with van der Waals surface area (Å²) in [5, 5.41) is 6.89. The molecule has 0 bridgehead atoms. The maximum atomic E-state index is 13.6. The van der Waals surface area contributed by atoms with Crippen LogP contribution in [0, 0.1) is 5.82 Å². The summed E-state index contributed by atoms with van der Waals surface area (Å²) in [5.41, 5.74) is -0.0740. The van der Waals surface area contributed by atoms with E-state index in [1.54, 1.807) is 23.9 Å². The van der Waals surface area contributed by atoms with Crippen molar-refractivity contribution >= 4 is 5.91 Å². The molecule has 6 nitrogen and oxygen atoms in total. The van der Waals surface area contributed by atoms with Gasteiger partial charge >= 0.3 is 0 Å². The van der Waals surface area contributed by atoms with Crippen LogP contribution in [0.1, 0.15) is 24.2 Å². The van der Waals surface area contributed by atoms with Crippen molar-refractivity contribution in [1.82, 2.24) is 20.1 Å². The molecule has 0 aliphatic carbocycles. The van der Waals surface area contributed by atoms with Gasteiger partial charge in [-0.25, -0.2) is 9.37 Å². The first-order valence-electron chi connectivity index (χ1n) is 7.57. The van der Waals surface area contributed by atoms with Crippen LogP contribution in [0.2, 0.25) is 0 Å². The van der Waals surface area contributed by atoms with Gasteiger partial charge in [-0.2, -0.15) is 5.10 Å². The molecular weight excluding hydrogens is 299 g/mol. The van der Waals surface area contributed by atoms with Gasteiger partial charge in [0.05, 0.1) is 12.0 Å². The number of benzene rings is 1. The Morgan fingerprint density at radius 1 is 1.43 bits per heavy atom. The lowest BCUT2D eigenvalue weighted by Crippen LogP contribution is -2.48. The Morgan fingerprint density at radius 3 is 2.87 bits per heavy atom. The first kappa shape index (κ1) is 15.6. The van der Waals surface area contributed by atoms with Crippen molar-refractivity contribution in [2.45, 2.75) is 24.8 Å². The SMILES string of the molecule is Cn1ncnc1CNC(=O)C1(c2cccc(F)c2)CCOCC1. The summed E-state index contributed by atoms with van der Waals surface area (Å²) in [6.45, 7) is 1.25. The molecule has 0 atom stereocenters. The summed E-state index contributed by atoms with van der Waals surface area (Å²) >= 11 is 0. The number of aryl methyl sites for hydroxylation is 1. The molecule has 1 amide bonds. The summed E-state index contributed by atoms with van der Waals surface area (Å²) < 4.78 is 20.6. The van der Waals surface area contributed by atoms with E-state index < -0.39 is 5.41 Å². The van der Waals surface area contributed by atoms with Gasteiger partial charge in [-0.15, -0.1) is 0 Å². The van der Waals surface area contributed by atoms with Crippen LogP contribution in [0.3, 0.4) is 0 Å². The zero-order valence-corrected chi connectivity index (χ0v) is 13.0. The fourth-order valence-electron chi connectivity index (χ4n) is 2.96. The van der Waals surface area contributed by atoms with Gasteiger partial charge in [0.2, 0.25) is 5.91 Å². The second kappa shape index (κ2) is 6.45. The van der Waals surface area contributed by atoms with Crippen LogP contribution >= 0.6 is 0 Å². The molecule has 1 aliphatic rings. The van der Waals surface area contributed by atoms with Gasteiger partial charge in [-0.1, -0.05) is 12.1 Å². The largest absolute Gasteiger partial charge is 0.381 e. The second-order valence-corrected chi connectivity index (χ2v) is 5.69. The number of aromatic nitrogens is 3. The van der Waals surface area contributed by atoms with E-state index in [0.717, 1.165) is 0 Å². The van der Waals surface area contributed by atoms with Crippen LogP contribution in [0.4, 0.5) is 4.39 Å². The highest BCUT2D eigenvalue weighted by Gasteiger charge is 2.41. The topological polar surface area (TPSA) is 69.0 Å². The number of halogens is 1. The van der Waals surface area contributed by atoms with E-state index in [9.17, 15) is 9.18 Å². The number of nitrogens with zero attached hydrogens (tertiary/aromatic N) is 3. The fraction of sp³-hybridized carbons (Fsp3) is 0.438. The van der Waals surface area contributed by atoms with Gasteiger partial charge < -0.3 is 10.1 Å². The molecule has 122 valence electrons. The van der Waals surface area contributed by atoms with Crippen LogP contribution in [-0.2, 0) is 28.5 Å². The predicted octanol–water partition coefficient (Wildman–Crippen LogP) is 1.32. The molecule has 2 aromatic rings. The zero-order chi connectivity index (χ0) is 16.3. The van der Waals surface area contributed by atoms with E-state index in [1.807, 2.05) is 0 Å². The number of carbonyl (C=O) groups excluding carboxylic acids is 1. The second-order valence-electron chi connectivity index (χ2n) is 5.69. The molecule has 1 saturated heterocycles. The first-order valence-corrected chi connectivity index (χ1v) is 7.57. The summed E-state index contributed by atoms with van der Waals surface area (Å²) in [4.78, 5) is 17.0. The third-order valence-corrected chi connectivity index (χ3v) is 4.37. The van der Waals surface area contributed by atoms with Crippen LogP contribution < -0.4 is 5.32 Å². The Balaban J connectivity index is 1.83. The van der Waals surface area contributed by atoms with Crippen molar-refractivity contribution in [3.05, 3.63) is 47.8 Å². The molecule has 7 heteroatoms. The van der Waals surface area contributed by atoms with E-state index in [-0.39, 0.29) is 18.3 Å². The summed E-state index contributed by atoms with van der Waals surface area (Å²) in [7, 11) is 1.77. The molecule has 1 N–H and O–H groups in total. The lowest BCUT2D eigenvalue weighted by molar-refractivity contribution is -0.130. The monoisotopic (exact) mass is 318 g/mol. The Hall–Kier alpha value is -2.28. The molecule has 0 spiro atoms. The summed E-state index contributed by atoms with van der Waals surface area (Å²) in [6.07, 6.45) is 2.50. The van der Waals surface area contributed by atoms with Crippen molar-refractivity contribution in [3.8, 4) is 0 Å². The number of amides is 1. The van der Waals surface area contributed by atoms with Crippen molar-refractivity contribution in [3.63, 3.8) is 0 Å². The molecule has 0 radical (unpaired) electrons. The third-order valence-electron chi connectivity index (χ3n) is 4.37. The minimum absolute atomic E-state index is 0.130. The van der Waals surface area contributed by atoms with Gasteiger partial charge in [-0.3, -0.25) is 9.48 Å². The van der Waals surface area contributed by atoms with Crippen LogP contribution in [0.5, 0.6) is 0 Å². The normalized spacial score (nSPS) is 17.0. The van der Waals surface area contributed by atoms with Gasteiger partial charge in [0.1, 0.15) is 18.0 Å². The number of ether oxygens (including phenoxy) is 1. The molecule has 3 rings (SSSR count). The van der Waals surface area contributed by atoms with Gasteiger partial charge in [0.15, 0.2) is 0 Å². The highest BCUT2D eigenvalue weighted by atomic mass is 19.1. The maximum Gasteiger partial charge on any atom is 0.231 e. The highest BCUT2D eigenvalue weighted by molar-refractivity contribution is 5.88. The minimum Gasteiger partial charge on any atom is -0.381 e. The smallest absolute Gasteiger partial charge is 0.231 e. The standard InChI is InChI=1S/C16H19FN4O2/c1-21-14(19-11-20-21)10-18-15(22)16(5-7-23-8-6-16)12-3-2-4-13(17)9-12/h2-4,9,11H,5-8,10H2,1H3,(H,18,22). The molecule has 1 aromatic carbocycles. The lowest BCUT2D eigenvalue weighted by atomic mass is 9.73. The van der Waals surface area contributed by atoms with E-state index in [2.05, 4.69) is 15.4 Å². The van der Waals surface area contributed by atoms with E-state index in [0.29, 0.717) is 37.4 Å². The van der Waals surface area contributed by atoms with E-state index in [1.165, 1.54) is 18.5 Å². The van der Waals surface area contributed by atoms with Crippen molar-refractivity contribution in [2.75, 3.05) is 13.2 Å². The predicted molar refractivity (Wildman–Crippen MR) is 81.0 cm³/mol. The molecule has 1 aromatic heterocycles. The molecule has 2 heterocycles. The van der Waals surface area contributed by atoms with Gasteiger partial charge in [0.25, 0.3) is 0 Å². The van der Waals surface area contributed by atoms with Crippen molar-refractivity contribution in [1.29, 1.82) is 0 Å². The van der Waals surface area contributed by atoms with Crippen LogP contribution in [-0.4, -0.2) is 33.9 Å². The number of carbonyl (C=O) groups is 1. The molecule has 0 unspecified atom stereocenters. The lowest BCUT2D eigenvalue weighted by Gasteiger charge is -2.36. The number of hydrogen-bond acceptors (Lipinski definition) is 4. The molecule has 23 heavy (non-hydrogen) atoms. The molecule has 1 aliphatic heterocycles.